The molecule has 2 heterocycles. The Morgan fingerprint density at radius 3 is 2.39 bits per heavy atom. The van der Waals surface area contributed by atoms with Crippen molar-refractivity contribution in [3.8, 4) is 0 Å². The second-order valence-corrected chi connectivity index (χ2v) is 9.71. The molecule has 3 aromatic rings. The molecule has 1 amide bonds. The summed E-state index contributed by atoms with van der Waals surface area (Å²) in [5.41, 5.74) is 4.59. The van der Waals surface area contributed by atoms with Crippen molar-refractivity contribution >= 4 is 29.0 Å². The number of carbonyl (C=O) groups excluding carboxylic acids is 1. The Morgan fingerprint density at radius 1 is 0.939 bits per heavy atom. The second kappa shape index (κ2) is 11.9. The number of carbonyl (C=O) groups is 1. The van der Waals surface area contributed by atoms with Gasteiger partial charge in [0, 0.05) is 50.9 Å². The van der Waals surface area contributed by atoms with E-state index in [9.17, 15) is 4.79 Å². The highest BCUT2D eigenvalue weighted by Crippen LogP contribution is 2.28. The standard InChI is InChI=1S/C27H32N4OS/c1-22(33-21-24-7-3-2-4-8-24)27(32)29-25-9-5-6-10-26(25)31-19-17-30(18-20-31)16-13-23-11-14-28-15-12-23/h2-12,14-15,22H,13,16-21H2,1H3,(H,29,32). The van der Waals surface area contributed by atoms with E-state index in [0.717, 1.165) is 56.3 Å². The summed E-state index contributed by atoms with van der Waals surface area (Å²) >= 11 is 1.67. The molecule has 33 heavy (non-hydrogen) atoms. The van der Waals surface area contributed by atoms with Crippen molar-refractivity contribution in [1.82, 2.24) is 9.88 Å². The Balaban J connectivity index is 1.28. The van der Waals surface area contributed by atoms with Gasteiger partial charge in [-0.25, -0.2) is 0 Å². The Hall–Kier alpha value is -2.83. The number of anilines is 2. The molecule has 5 nitrogen and oxygen atoms in total. The lowest BCUT2D eigenvalue weighted by Gasteiger charge is -2.37. The SMILES string of the molecule is CC(SCc1ccccc1)C(=O)Nc1ccccc1N1CCN(CCc2ccncc2)CC1. The van der Waals surface area contributed by atoms with Crippen molar-refractivity contribution in [3.05, 3.63) is 90.3 Å². The van der Waals surface area contributed by atoms with Crippen LogP contribution in [0.1, 0.15) is 18.1 Å². The van der Waals surface area contributed by atoms with Crippen LogP contribution in [-0.4, -0.2) is 53.8 Å². The number of amides is 1. The predicted molar refractivity (Wildman–Crippen MR) is 139 cm³/mol. The lowest BCUT2D eigenvalue weighted by atomic mass is 10.1. The first-order valence-electron chi connectivity index (χ1n) is 11.6. The van der Waals surface area contributed by atoms with Crippen LogP contribution in [-0.2, 0) is 17.0 Å². The molecule has 1 fully saturated rings. The van der Waals surface area contributed by atoms with Gasteiger partial charge in [0.1, 0.15) is 0 Å². The summed E-state index contributed by atoms with van der Waals surface area (Å²) in [5.74, 6) is 0.887. The molecule has 1 atom stereocenters. The number of nitrogens with zero attached hydrogens (tertiary/aromatic N) is 3. The third-order valence-electron chi connectivity index (χ3n) is 6.05. The second-order valence-electron chi connectivity index (χ2n) is 8.38. The van der Waals surface area contributed by atoms with Crippen LogP contribution >= 0.6 is 11.8 Å². The molecule has 0 aliphatic carbocycles. The molecule has 0 bridgehead atoms. The summed E-state index contributed by atoms with van der Waals surface area (Å²) in [4.78, 5) is 21.9. The van der Waals surface area contributed by atoms with Gasteiger partial charge in [0.2, 0.25) is 5.91 Å². The molecule has 0 saturated carbocycles. The van der Waals surface area contributed by atoms with Gasteiger partial charge in [-0.05, 0) is 48.7 Å². The monoisotopic (exact) mass is 460 g/mol. The Labute approximate surface area is 201 Å². The number of benzene rings is 2. The third-order valence-corrected chi connectivity index (χ3v) is 7.27. The normalized spacial score (nSPS) is 15.2. The van der Waals surface area contributed by atoms with E-state index >= 15 is 0 Å². The summed E-state index contributed by atoms with van der Waals surface area (Å²) in [7, 11) is 0. The van der Waals surface area contributed by atoms with Crippen LogP contribution in [0.25, 0.3) is 0 Å². The van der Waals surface area contributed by atoms with Gasteiger partial charge in [-0.2, -0.15) is 0 Å². The van der Waals surface area contributed by atoms with Crippen molar-refractivity contribution < 1.29 is 4.79 Å². The number of piperazine rings is 1. The van der Waals surface area contributed by atoms with Crippen molar-refractivity contribution in [2.75, 3.05) is 42.9 Å². The highest BCUT2D eigenvalue weighted by atomic mass is 32.2. The number of nitrogens with one attached hydrogen (secondary N) is 1. The molecule has 1 aliphatic heterocycles. The summed E-state index contributed by atoms with van der Waals surface area (Å²) in [5, 5.41) is 3.06. The van der Waals surface area contributed by atoms with Gasteiger partial charge in [0.15, 0.2) is 0 Å². The molecular formula is C27H32N4OS. The number of hydrogen-bond acceptors (Lipinski definition) is 5. The van der Waals surface area contributed by atoms with Crippen molar-refractivity contribution in [1.29, 1.82) is 0 Å². The van der Waals surface area contributed by atoms with E-state index < -0.39 is 0 Å². The average molecular weight is 461 g/mol. The van der Waals surface area contributed by atoms with E-state index in [1.165, 1.54) is 11.1 Å². The van der Waals surface area contributed by atoms with Crippen molar-refractivity contribution in [3.63, 3.8) is 0 Å². The predicted octanol–water partition coefficient (Wildman–Crippen LogP) is 4.71. The van der Waals surface area contributed by atoms with Gasteiger partial charge in [-0.3, -0.25) is 14.7 Å². The molecule has 1 unspecified atom stereocenters. The average Bonchev–Trinajstić information content (AvgIpc) is 2.88. The zero-order valence-corrected chi connectivity index (χ0v) is 20.0. The highest BCUT2D eigenvalue weighted by molar-refractivity contribution is 7.99. The fraction of sp³-hybridized carbons (Fsp3) is 0.333. The van der Waals surface area contributed by atoms with Gasteiger partial charge in [-0.1, -0.05) is 42.5 Å². The Kier molecular flexibility index (Phi) is 8.39. The number of hydrogen-bond donors (Lipinski definition) is 1. The fourth-order valence-electron chi connectivity index (χ4n) is 4.01. The number of rotatable bonds is 9. The molecule has 1 aromatic heterocycles. The Morgan fingerprint density at radius 2 is 1.64 bits per heavy atom. The van der Waals surface area contributed by atoms with Crippen LogP contribution in [0.4, 0.5) is 11.4 Å². The summed E-state index contributed by atoms with van der Waals surface area (Å²) in [6.07, 6.45) is 4.77. The van der Waals surface area contributed by atoms with Crippen molar-refractivity contribution in [2.45, 2.75) is 24.3 Å². The summed E-state index contributed by atoms with van der Waals surface area (Å²) in [6.45, 7) is 7.01. The van der Waals surface area contributed by atoms with Gasteiger partial charge in [0.25, 0.3) is 0 Å². The molecule has 1 N–H and O–H groups in total. The van der Waals surface area contributed by atoms with Gasteiger partial charge in [0.05, 0.1) is 16.6 Å². The zero-order chi connectivity index (χ0) is 22.9. The van der Waals surface area contributed by atoms with E-state index in [1.54, 1.807) is 11.8 Å². The minimum atomic E-state index is -0.122. The highest BCUT2D eigenvalue weighted by Gasteiger charge is 2.21. The molecule has 0 spiro atoms. The summed E-state index contributed by atoms with van der Waals surface area (Å²) in [6, 6.07) is 22.6. The van der Waals surface area contributed by atoms with E-state index in [2.05, 4.69) is 50.4 Å². The molecule has 2 aromatic carbocycles. The largest absolute Gasteiger partial charge is 0.367 e. The lowest BCUT2D eigenvalue weighted by molar-refractivity contribution is -0.115. The molecule has 6 heteroatoms. The topological polar surface area (TPSA) is 48.5 Å². The van der Waals surface area contributed by atoms with Gasteiger partial charge < -0.3 is 10.2 Å². The van der Waals surface area contributed by atoms with Crippen LogP contribution in [0.15, 0.2) is 79.1 Å². The maximum Gasteiger partial charge on any atom is 0.237 e. The minimum Gasteiger partial charge on any atom is -0.367 e. The maximum absolute atomic E-state index is 12.9. The van der Waals surface area contributed by atoms with E-state index in [4.69, 9.17) is 0 Å². The van der Waals surface area contributed by atoms with E-state index in [0.29, 0.717) is 0 Å². The van der Waals surface area contributed by atoms with Crippen LogP contribution in [0.3, 0.4) is 0 Å². The number of pyridine rings is 1. The van der Waals surface area contributed by atoms with Crippen molar-refractivity contribution in [2.24, 2.45) is 0 Å². The number of aromatic nitrogens is 1. The van der Waals surface area contributed by atoms with Crippen LogP contribution in [0, 0.1) is 0 Å². The van der Waals surface area contributed by atoms with Gasteiger partial charge in [-0.15, -0.1) is 11.8 Å². The van der Waals surface area contributed by atoms with Gasteiger partial charge >= 0.3 is 0 Å². The first kappa shape index (κ1) is 23.3. The molecule has 4 rings (SSSR count). The van der Waals surface area contributed by atoms with Crippen LogP contribution < -0.4 is 10.2 Å². The zero-order valence-electron chi connectivity index (χ0n) is 19.2. The lowest BCUT2D eigenvalue weighted by Crippen LogP contribution is -2.47. The molecular weight excluding hydrogens is 428 g/mol. The Bertz CT molecular complexity index is 1010. The van der Waals surface area contributed by atoms with E-state index in [1.807, 2.05) is 55.7 Å². The molecule has 1 saturated heterocycles. The molecule has 172 valence electrons. The van der Waals surface area contributed by atoms with Crippen LogP contribution in [0.5, 0.6) is 0 Å². The summed E-state index contributed by atoms with van der Waals surface area (Å²) < 4.78 is 0. The number of thioether (sulfide) groups is 1. The minimum absolute atomic E-state index is 0.0550. The van der Waals surface area contributed by atoms with E-state index in [-0.39, 0.29) is 11.2 Å². The number of para-hydroxylation sites is 2. The van der Waals surface area contributed by atoms with Crippen LogP contribution in [0.2, 0.25) is 0 Å². The first-order chi connectivity index (χ1) is 16.2. The fourth-order valence-corrected chi connectivity index (χ4v) is 4.85. The molecule has 1 aliphatic rings. The maximum atomic E-state index is 12.9. The smallest absolute Gasteiger partial charge is 0.237 e. The first-order valence-corrected chi connectivity index (χ1v) is 12.7. The molecule has 0 radical (unpaired) electrons. The quantitative estimate of drug-likeness (QED) is 0.501. The third kappa shape index (κ3) is 6.83.